The SMILES string of the molecule is CCCN1C(=O)C(=O)/C(=C(\O)c2ccc(Cl)c(Cl)c2)C1c1ccc(OCC)cc1. The number of hydrogen-bond donors (Lipinski definition) is 1. The first-order chi connectivity index (χ1) is 13.9. The van der Waals surface area contributed by atoms with Gasteiger partial charge in [0, 0.05) is 12.1 Å². The van der Waals surface area contributed by atoms with E-state index in [2.05, 4.69) is 0 Å². The molecule has 7 heteroatoms. The normalized spacial score (nSPS) is 18.3. The third kappa shape index (κ3) is 4.11. The minimum Gasteiger partial charge on any atom is -0.507 e. The summed E-state index contributed by atoms with van der Waals surface area (Å²) in [5, 5.41) is 11.5. The maximum absolute atomic E-state index is 12.8. The van der Waals surface area contributed by atoms with Crippen LogP contribution in [0.15, 0.2) is 48.0 Å². The van der Waals surface area contributed by atoms with Crippen LogP contribution < -0.4 is 4.74 Å². The Morgan fingerprint density at radius 3 is 2.34 bits per heavy atom. The topological polar surface area (TPSA) is 66.8 Å². The highest BCUT2D eigenvalue weighted by atomic mass is 35.5. The predicted molar refractivity (Wildman–Crippen MR) is 113 cm³/mol. The Kier molecular flexibility index (Phi) is 6.50. The van der Waals surface area contributed by atoms with Crippen LogP contribution in [0.4, 0.5) is 0 Å². The molecule has 0 spiro atoms. The van der Waals surface area contributed by atoms with Crippen molar-refractivity contribution in [3.63, 3.8) is 0 Å². The fraction of sp³-hybridized carbons (Fsp3) is 0.273. The van der Waals surface area contributed by atoms with Crippen molar-refractivity contribution in [2.45, 2.75) is 26.3 Å². The number of benzene rings is 2. The molecule has 0 saturated carbocycles. The van der Waals surface area contributed by atoms with Gasteiger partial charge < -0.3 is 14.7 Å². The Morgan fingerprint density at radius 2 is 1.76 bits per heavy atom. The lowest BCUT2D eigenvalue weighted by atomic mass is 9.95. The number of amides is 1. The second-order valence-electron chi connectivity index (χ2n) is 6.62. The molecule has 0 aliphatic carbocycles. The molecule has 29 heavy (non-hydrogen) atoms. The molecule has 1 fully saturated rings. The van der Waals surface area contributed by atoms with Gasteiger partial charge in [-0.05, 0) is 49.2 Å². The van der Waals surface area contributed by atoms with Gasteiger partial charge in [-0.1, -0.05) is 42.3 Å². The first-order valence-electron chi connectivity index (χ1n) is 9.35. The molecule has 1 heterocycles. The largest absolute Gasteiger partial charge is 0.507 e. The zero-order chi connectivity index (χ0) is 21.1. The van der Waals surface area contributed by atoms with Crippen LogP contribution in [0.2, 0.25) is 10.0 Å². The third-order valence-electron chi connectivity index (χ3n) is 4.70. The molecule has 0 bridgehead atoms. The fourth-order valence-corrected chi connectivity index (χ4v) is 3.71. The maximum Gasteiger partial charge on any atom is 0.295 e. The number of hydrogen-bond acceptors (Lipinski definition) is 4. The highest BCUT2D eigenvalue weighted by Crippen LogP contribution is 2.40. The quantitative estimate of drug-likeness (QED) is 0.385. The number of ketones is 1. The Morgan fingerprint density at radius 1 is 1.07 bits per heavy atom. The molecule has 5 nitrogen and oxygen atoms in total. The number of likely N-dealkylation sites (tertiary alicyclic amines) is 1. The third-order valence-corrected chi connectivity index (χ3v) is 5.44. The molecule has 2 aromatic rings. The average Bonchev–Trinajstić information content (AvgIpc) is 2.96. The molecule has 1 aliphatic rings. The molecular weight excluding hydrogens is 413 g/mol. The average molecular weight is 434 g/mol. The Hall–Kier alpha value is -2.50. The van der Waals surface area contributed by atoms with E-state index < -0.39 is 17.7 Å². The van der Waals surface area contributed by atoms with E-state index in [1.54, 1.807) is 30.3 Å². The van der Waals surface area contributed by atoms with Gasteiger partial charge in [0.2, 0.25) is 0 Å². The van der Waals surface area contributed by atoms with Gasteiger partial charge in [-0.15, -0.1) is 0 Å². The zero-order valence-electron chi connectivity index (χ0n) is 16.1. The number of carbonyl (C=O) groups excluding carboxylic acids is 2. The van der Waals surface area contributed by atoms with Gasteiger partial charge in [0.25, 0.3) is 11.7 Å². The minimum atomic E-state index is -0.721. The highest BCUT2D eigenvalue weighted by molar-refractivity contribution is 6.46. The Balaban J connectivity index is 2.14. The van der Waals surface area contributed by atoms with E-state index in [0.717, 1.165) is 0 Å². The number of aliphatic hydroxyl groups excluding tert-OH is 1. The zero-order valence-corrected chi connectivity index (χ0v) is 17.6. The van der Waals surface area contributed by atoms with Crippen molar-refractivity contribution in [1.82, 2.24) is 4.90 Å². The molecule has 0 radical (unpaired) electrons. The first-order valence-corrected chi connectivity index (χ1v) is 10.1. The van der Waals surface area contributed by atoms with Crippen LogP contribution in [-0.4, -0.2) is 34.8 Å². The van der Waals surface area contributed by atoms with Gasteiger partial charge in [-0.25, -0.2) is 0 Å². The molecule has 152 valence electrons. The van der Waals surface area contributed by atoms with E-state index in [9.17, 15) is 14.7 Å². The summed E-state index contributed by atoms with van der Waals surface area (Å²) in [5.41, 5.74) is 1.07. The summed E-state index contributed by atoms with van der Waals surface area (Å²) in [6, 6.07) is 11.0. The summed E-state index contributed by atoms with van der Waals surface area (Å²) in [6.07, 6.45) is 0.674. The summed E-state index contributed by atoms with van der Waals surface area (Å²) >= 11 is 12.0. The van der Waals surface area contributed by atoms with E-state index in [-0.39, 0.29) is 16.4 Å². The van der Waals surface area contributed by atoms with E-state index >= 15 is 0 Å². The number of nitrogens with zero attached hydrogens (tertiary/aromatic N) is 1. The van der Waals surface area contributed by atoms with Crippen molar-refractivity contribution in [2.24, 2.45) is 0 Å². The van der Waals surface area contributed by atoms with Crippen molar-refractivity contribution in [3.05, 3.63) is 69.2 Å². The predicted octanol–water partition coefficient (Wildman–Crippen LogP) is 5.22. The Labute approximate surface area is 179 Å². The van der Waals surface area contributed by atoms with Gasteiger partial charge in [-0.2, -0.15) is 0 Å². The summed E-state index contributed by atoms with van der Waals surface area (Å²) in [7, 11) is 0. The van der Waals surface area contributed by atoms with Gasteiger partial charge in [-0.3, -0.25) is 9.59 Å². The lowest BCUT2D eigenvalue weighted by Gasteiger charge is -2.25. The molecule has 1 N–H and O–H groups in total. The van der Waals surface area contributed by atoms with E-state index in [0.29, 0.717) is 41.5 Å². The van der Waals surface area contributed by atoms with Gasteiger partial charge in [0.15, 0.2) is 0 Å². The number of rotatable bonds is 6. The summed E-state index contributed by atoms with van der Waals surface area (Å²) in [6.45, 7) is 4.74. The van der Waals surface area contributed by atoms with Crippen LogP contribution in [0.5, 0.6) is 5.75 Å². The second-order valence-corrected chi connectivity index (χ2v) is 7.44. The summed E-state index contributed by atoms with van der Waals surface area (Å²) in [5.74, 6) is -0.944. The molecule has 1 aliphatic heterocycles. The first kappa shape index (κ1) is 21.2. The van der Waals surface area contributed by atoms with E-state index in [4.69, 9.17) is 27.9 Å². The van der Waals surface area contributed by atoms with Crippen molar-refractivity contribution < 1.29 is 19.4 Å². The lowest BCUT2D eigenvalue weighted by molar-refractivity contribution is -0.139. The van der Waals surface area contributed by atoms with Crippen molar-refractivity contribution in [1.29, 1.82) is 0 Å². The number of carbonyl (C=O) groups is 2. The monoisotopic (exact) mass is 433 g/mol. The number of aliphatic hydroxyl groups is 1. The lowest BCUT2D eigenvalue weighted by Crippen LogP contribution is -2.30. The molecule has 3 rings (SSSR count). The van der Waals surface area contributed by atoms with E-state index in [1.807, 2.05) is 13.8 Å². The summed E-state index contributed by atoms with van der Waals surface area (Å²) in [4.78, 5) is 27.0. The molecule has 0 aromatic heterocycles. The number of ether oxygens (including phenoxy) is 1. The molecule has 1 atom stereocenters. The molecule has 1 unspecified atom stereocenters. The van der Waals surface area contributed by atoms with Gasteiger partial charge in [0.05, 0.1) is 28.3 Å². The second kappa shape index (κ2) is 8.89. The van der Waals surface area contributed by atoms with Gasteiger partial charge >= 0.3 is 0 Å². The standard InChI is InChI=1S/C22H21Cl2NO4/c1-3-11-25-19(13-5-8-15(9-6-13)29-4-2)18(21(27)22(25)28)20(26)14-7-10-16(23)17(24)12-14/h5-10,12,19,26H,3-4,11H2,1-2H3/b20-18-. The number of halogens is 2. The number of Topliss-reactive ketones (excluding diaryl/α,β-unsaturated/α-hetero) is 1. The minimum absolute atomic E-state index is 0.0333. The van der Waals surface area contributed by atoms with Crippen LogP contribution in [0.3, 0.4) is 0 Å². The molecular formula is C22H21Cl2NO4. The van der Waals surface area contributed by atoms with Crippen LogP contribution in [0.25, 0.3) is 5.76 Å². The fourth-order valence-electron chi connectivity index (χ4n) is 3.41. The summed E-state index contributed by atoms with van der Waals surface area (Å²) < 4.78 is 5.47. The molecule has 2 aromatic carbocycles. The van der Waals surface area contributed by atoms with Crippen molar-refractivity contribution >= 4 is 40.7 Å². The molecule has 1 saturated heterocycles. The maximum atomic E-state index is 12.8. The van der Waals surface area contributed by atoms with Crippen LogP contribution in [0.1, 0.15) is 37.4 Å². The van der Waals surface area contributed by atoms with E-state index in [1.165, 1.54) is 17.0 Å². The molecule has 1 amide bonds. The Bertz CT molecular complexity index is 969. The van der Waals surface area contributed by atoms with Crippen molar-refractivity contribution in [2.75, 3.05) is 13.2 Å². The van der Waals surface area contributed by atoms with Gasteiger partial charge in [0.1, 0.15) is 11.5 Å². The van der Waals surface area contributed by atoms with Crippen LogP contribution in [-0.2, 0) is 9.59 Å². The van der Waals surface area contributed by atoms with Crippen molar-refractivity contribution in [3.8, 4) is 5.75 Å². The van der Waals surface area contributed by atoms with Crippen LogP contribution in [0, 0.1) is 0 Å². The smallest absolute Gasteiger partial charge is 0.295 e. The highest BCUT2D eigenvalue weighted by Gasteiger charge is 2.45. The van der Waals surface area contributed by atoms with Crippen LogP contribution >= 0.6 is 23.2 Å².